The van der Waals surface area contributed by atoms with Crippen molar-refractivity contribution in [2.24, 2.45) is 0 Å². The second-order valence-corrected chi connectivity index (χ2v) is 8.55. The highest BCUT2D eigenvalue weighted by atomic mass is 32.1. The van der Waals surface area contributed by atoms with Crippen LogP contribution < -0.4 is 9.80 Å². The van der Waals surface area contributed by atoms with Crippen LogP contribution in [0.25, 0.3) is 0 Å². The van der Waals surface area contributed by atoms with Gasteiger partial charge >= 0.3 is 12.1 Å². The Kier molecular flexibility index (Phi) is 5.59. The van der Waals surface area contributed by atoms with Gasteiger partial charge in [0, 0.05) is 24.3 Å². The van der Waals surface area contributed by atoms with Crippen LogP contribution in [0.4, 0.5) is 24.5 Å². The standard InChI is InChI=1S/C23H20F3N3O2S/c24-23(25,26)19-12-18(8-5-16(19)13-27)28-14-22(10-1-11-22)29(21(28)32)17-6-2-15(3-7-17)4-9-20(30)31/h2-3,5-8,12H,1,4,9-11,14H2,(H,30,31). The van der Waals surface area contributed by atoms with Crippen LogP contribution >= 0.6 is 12.2 Å². The van der Waals surface area contributed by atoms with E-state index in [1.54, 1.807) is 11.0 Å². The summed E-state index contributed by atoms with van der Waals surface area (Å²) in [6.45, 7) is 0.468. The van der Waals surface area contributed by atoms with E-state index in [4.69, 9.17) is 22.6 Å². The molecule has 1 N–H and O–H groups in total. The maximum Gasteiger partial charge on any atom is 0.417 e. The van der Waals surface area contributed by atoms with Crippen LogP contribution in [-0.4, -0.2) is 28.3 Å². The fourth-order valence-electron chi connectivity index (χ4n) is 4.40. The quantitative estimate of drug-likeness (QED) is 0.626. The van der Waals surface area contributed by atoms with Crippen LogP contribution in [0.1, 0.15) is 42.4 Å². The topological polar surface area (TPSA) is 67.6 Å². The maximum atomic E-state index is 13.5. The van der Waals surface area contributed by atoms with Gasteiger partial charge in [0.25, 0.3) is 0 Å². The Morgan fingerprint density at radius 2 is 1.81 bits per heavy atom. The van der Waals surface area contributed by atoms with Crippen molar-refractivity contribution < 1.29 is 23.1 Å². The summed E-state index contributed by atoms with van der Waals surface area (Å²) in [6.07, 6.45) is -1.44. The lowest BCUT2D eigenvalue weighted by Crippen LogP contribution is -2.52. The predicted molar refractivity (Wildman–Crippen MR) is 118 cm³/mol. The van der Waals surface area contributed by atoms with E-state index >= 15 is 0 Å². The summed E-state index contributed by atoms with van der Waals surface area (Å²) in [4.78, 5) is 14.5. The minimum Gasteiger partial charge on any atom is -0.481 e. The summed E-state index contributed by atoms with van der Waals surface area (Å²) in [5.74, 6) is -0.862. The molecule has 1 heterocycles. The number of aliphatic carboxylic acids is 1. The van der Waals surface area contributed by atoms with E-state index in [1.165, 1.54) is 12.1 Å². The number of halogens is 3. The average molecular weight is 459 g/mol. The van der Waals surface area contributed by atoms with Gasteiger partial charge in [-0.05, 0) is 73.8 Å². The fourth-order valence-corrected chi connectivity index (χ4v) is 4.87. The number of hydrogen-bond donors (Lipinski definition) is 1. The van der Waals surface area contributed by atoms with Crippen LogP contribution in [0, 0.1) is 11.3 Å². The number of alkyl halides is 3. The summed E-state index contributed by atoms with van der Waals surface area (Å²) in [7, 11) is 0. The molecule has 0 aromatic heterocycles. The smallest absolute Gasteiger partial charge is 0.417 e. The fraction of sp³-hybridized carbons (Fsp3) is 0.348. The van der Waals surface area contributed by atoms with Crippen LogP contribution in [-0.2, 0) is 17.4 Å². The van der Waals surface area contributed by atoms with Crippen molar-refractivity contribution >= 4 is 34.7 Å². The summed E-state index contributed by atoms with van der Waals surface area (Å²) in [5.41, 5.74) is 0.367. The van der Waals surface area contributed by atoms with Gasteiger partial charge in [0.2, 0.25) is 0 Å². The Morgan fingerprint density at radius 3 is 2.34 bits per heavy atom. The van der Waals surface area contributed by atoms with Gasteiger partial charge < -0.3 is 14.9 Å². The molecule has 2 fully saturated rings. The summed E-state index contributed by atoms with van der Waals surface area (Å²) >= 11 is 5.72. The van der Waals surface area contributed by atoms with Crippen molar-refractivity contribution in [3.05, 3.63) is 59.2 Å². The molecule has 0 bridgehead atoms. The summed E-state index contributed by atoms with van der Waals surface area (Å²) < 4.78 is 40.4. The first kappa shape index (κ1) is 22.1. The largest absolute Gasteiger partial charge is 0.481 e. The molecule has 4 rings (SSSR count). The molecule has 1 saturated carbocycles. The van der Waals surface area contributed by atoms with E-state index in [0.717, 1.165) is 36.6 Å². The van der Waals surface area contributed by atoms with Gasteiger partial charge in [0.15, 0.2) is 5.11 Å². The van der Waals surface area contributed by atoms with Gasteiger partial charge in [-0.3, -0.25) is 4.79 Å². The Hall–Kier alpha value is -3.12. The zero-order valence-electron chi connectivity index (χ0n) is 17.0. The molecule has 0 radical (unpaired) electrons. The molecule has 32 heavy (non-hydrogen) atoms. The molecule has 5 nitrogen and oxygen atoms in total. The Bertz CT molecular complexity index is 1100. The third kappa shape index (κ3) is 3.91. The van der Waals surface area contributed by atoms with Gasteiger partial charge in [0.1, 0.15) is 0 Å². The number of benzene rings is 2. The second kappa shape index (κ2) is 8.10. The molecule has 9 heteroatoms. The van der Waals surface area contributed by atoms with E-state index in [0.29, 0.717) is 23.8 Å². The Labute approximate surface area is 188 Å². The predicted octanol–water partition coefficient (Wildman–Crippen LogP) is 5.13. The summed E-state index contributed by atoms with van der Waals surface area (Å²) in [5, 5.41) is 18.4. The lowest BCUT2D eigenvalue weighted by atomic mass is 9.76. The number of thiocarbonyl (C=S) groups is 1. The lowest BCUT2D eigenvalue weighted by Gasteiger charge is -2.45. The first-order valence-electron chi connectivity index (χ1n) is 10.2. The monoisotopic (exact) mass is 459 g/mol. The molecule has 166 valence electrons. The molecule has 2 aromatic carbocycles. The second-order valence-electron chi connectivity index (χ2n) is 8.18. The normalized spacial score (nSPS) is 17.4. The minimum atomic E-state index is -4.64. The van der Waals surface area contributed by atoms with Gasteiger partial charge in [0.05, 0.1) is 22.7 Å². The Morgan fingerprint density at radius 1 is 1.16 bits per heavy atom. The molecule has 1 aliphatic carbocycles. The van der Waals surface area contributed by atoms with Gasteiger partial charge in [-0.1, -0.05) is 12.1 Å². The first-order valence-corrected chi connectivity index (χ1v) is 10.6. The molecular formula is C23H20F3N3O2S. The number of rotatable bonds is 5. The number of anilines is 2. The van der Waals surface area contributed by atoms with Crippen molar-refractivity contribution in [2.75, 3.05) is 16.3 Å². The van der Waals surface area contributed by atoms with Crippen molar-refractivity contribution in [3.8, 4) is 6.07 Å². The number of carboxylic acid groups (broad SMARTS) is 1. The van der Waals surface area contributed by atoms with Crippen LogP contribution in [0.5, 0.6) is 0 Å². The minimum absolute atomic E-state index is 0.0411. The molecule has 1 saturated heterocycles. The number of hydrogen-bond acceptors (Lipinski definition) is 3. The van der Waals surface area contributed by atoms with E-state index in [9.17, 15) is 18.0 Å². The summed E-state index contributed by atoms with van der Waals surface area (Å²) in [6, 6.07) is 12.8. The molecule has 2 aromatic rings. The highest BCUT2D eigenvalue weighted by molar-refractivity contribution is 7.80. The number of carboxylic acids is 1. The van der Waals surface area contributed by atoms with Crippen molar-refractivity contribution in [1.82, 2.24) is 0 Å². The van der Waals surface area contributed by atoms with Gasteiger partial charge in [-0.25, -0.2) is 0 Å². The van der Waals surface area contributed by atoms with E-state index < -0.39 is 23.3 Å². The number of aryl methyl sites for hydroxylation is 1. The zero-order valence-corrected chi connectivity index (χ0v) is 17.8. The van der Waals surface area contributed by atoms with Crippen molar-refractivity contribution in [1.29, 1.82) is 5.26 Å². The highest BCUT2D eigenvalue weighted by Gasteiger charge is 2.52. The third-order valence-electron chi connectivity index (χ3n) is 6.20. The Balaban J connectivity index is 1.65. The zero-order chi connectivity index (χ0) is 23.1. The molecule has 1 aliphatic heterocycles. The van der Waals surface area contributed by atoms with Crippen molar-refractivity contribution in [2.45, 2.75) is 43.8 Å². The van der Waals surface area contributed by atoms with Crippen molar-refractivity contribution in [3.63, 3.8) is 0 Å². The van der Waals surface area contributed by atoms with Gasteiger partial charge in [-0.15, -0.1) is 0 Å². The lowest BCUT2D eigenvalue weighted by molar-refractivity contribution is -0.138. The van der Waals surface area contributed by atoms with E-state index in [2.05, 4.69) is 0 Å². The molecular weight excluding hydrogens is 439 g/mol. The molecule has 0 amide bonds. The third-order valence-corrected chi connectivity index (χ3v) is 6.60. The SMILES string of the molecule is N#Cc1ccc(N2CC3(CCC3)N(c3ccc(CCC(=O)O)cc3)C2=S)cc1C(F)(F)F. The van der Waals surface area contributed by atoms with Crippen LogP contribution in [0.3, 0.4) is 0 Å². The molecule has 2 aliphatic rings. The molecule has 1 spiro atoms. The number of carbonyl (C=O) groups is 1. The highest BCUT2D eigenvalue weighted by Crippen LogP contribution is 2.47. The van der Waals surface area contributed by atoms with E-state index in [-0.39, 0.29) is 12.0 Å². The number of nitrogens with zero attached hydrogens (tertiary/aromatic N) is 3. The van der Waals surface area contributed by atoms with Crippen LogP contribution in [0.15, 0.2) is 42.5 Å². The van der Waals surface area contributed by atoms with E-state index in [1.807, 2.05) is 29.2 Å². The van der Waals surface area contributed by atoms with Gasteiger partial charge in [-0.2, -0.15) is 18.4 Å². The molecule has 0 atom stereocenters. The molecule has 0 unspecified atom stereocenters. The van der Waals surface area contributed by atoms with Crippen LogP contribution in [0.2, 0.25) is 0 Å². The first-order chi connectivity index (χ1) is 15.1. The maximum absolute atomic E-state index is 13.5. The number of nitriles is 1. The average Bonchev–Trinajstić information content (AvgIpc) is 3.05.